The van der Waals surface area contributed by atoms with E-state index < -0.39 is 5.97 Å². The first-order chi connectivity index (χ1) is 7.49. The third-order valence-electron chi connectivity index (χ3n) is 2.05. The number of esters is 1. The van der Waals surface area contributed by atoms with Crippen molar-refractivity contribution in [3.8, 4) is 0 Å². The zero-order valence-corrected chi connectivity index (χ0v) is 10.3. The lowest BCUT2D eigenvalue weighted by atomic mass is 10.1. The van der Waals surface area contributed by atoms with E-state index in [4.69, 9.17) is 27.9 Å². The lowest BCUT2D eigenvalue weighted by Gasteiger charge is -2.01. The van der Waals surface area contributed by atoms with Crippen molar-refractivity contribution in [2.45, 2.75) is 19.9 Å². The highest BCUT2D eigenvalue weighted by Gasteiger charge is 2.31. The Morgan fingerprint density at radius 3 is 2.62 bits per heavy atom. The molecule has 0 aliphatic carbocycles. The molecule has 0 N–H and O–H groups in total. The topological polar surface area (TPSA) is 38.7 Å². The van der Waals surface area contributed by atoms with Crippen LogP contribution in [0.4, 0.5) is 0 Å². The summed E-state index contributed by atoms with van der Waals surface area (Å²) in [7, 11) is 0. The van der Waals surface area contributed by atoms with Crippen molar-refractivity contribution < 1.29 is 9.53 Å². The molecule has 3 nitrogen and oxygen atoms in total. The van der Waals surface area contributed by atoms with Crippen LogP contribution in [0.2, 0.25) is 10.0 Å². The number of carbonyl (C=O) groups excluding carboxylic acids is 1. The van der Waals surface area contributed by atoms with E-state index in [0.717, 1.165) is 0 Å². The van der Waals surface area contributed by atoms with E-state index in [1.165, 1.54) is 6.07 Å². The van der Waals surface area contributed by atoms with E-state index in [1.807, 2.05) is 13.8 Å². The van der Waals surface area contributed by atoms with Crippen LogP contribution in [0.3, 0.4) is 0 Å². The molecule has 0 unspecified atom stereocenters. The maximum absolute atomic E-state index is 11.6. The van der Waals surface area contributed by atoms with E-state index in [1.54, 1.807) is 6.07 Å². The summed E-state index contributed by atoms with van der Waals surface area (Å²) in [6.07, 6.45) is 0. The lowest BCUT2D eigenvalue weighted by molar-refractivity contribution is 0.0736. The summed E-state index contributed by atoms with van der Waals surface area (Å²) in [5.74, 6) is -0.185. The van der Waals surface area contributed by atoms with Gasteiger partial charge in [0.15, 0.2) is 0 Å². The minimum atomic E-state index is -0.476. The fourth-order valence-corrected chi connectivity index (χ4v) is 2.04. The molecule has 5 heteroatoms. The van der Waals surface area contributed by atoms with Crippen molar-refractivity contribution in [2.24, 2.45) is 4.99 Å². The van der Waals surface area contributed by atoms with Gasteiger partial charge >= 0.3 is 5.97 Å². The highest BCUT2D eigenvalue weighted by molar-refractivity contribution is 6.39. The van der Waals surface area contributed by atoms with Gasteiger partial charge in [0.25, 0.3) is 0 Å². The molecule has 1 aliphatic heterocycles. The van der Waals surface area contributed by atoms with Crippen molar-refractivity contribution in [2.75, 3.05) is 0 Å². The first-order valence-electron chi connectivity index (χ1n) is 4.78. The Kier molecular flexibility index (Phi) is 2.91. The van der Waals surface area contributed by atoms with Crippen LogP contribution in [0, 0.1) is 0 Å². The van der Waals surface area contributed by atoms with Gasteiger partial charge in [-0.3, -0.25) is 0 Å². The zero-order chi connectivity index (χ0) is 11.9. The number of hydrogen-bond donors (Lipinski definition) is 0. The summed E-state index contributed by atoms with van der Waals surface area (Å²) < 4.78 is 5.05. The van der Waals surface area contributed by atoms with Crippen LogP contribution in [-0.2, 0) is 4.74 Å². The summed E-state index contributed by atoms with van der Waals surface area (Å²) in [5.41, 5.74) is 0.904. The van der Waals surface area contributed by atoms with Gasteiger partial charge in [-0.25, -0.2) is 9.79 Å². The largest absolute Gasteiger partial charge is 0.403 e. The standard InChI is InChI=1S/C11H9Cl2NO2/c1-5(2)14-10-7-3-6(12)4-8(13)9(7)11(15)16-10/h3-5H,1-2H3. The number of halogens is 2. The second-order valence-corrected chi connectivity index (χ2v) is 4.57. The molecule has 0 saturated heterocycles. The van der Waals surface area contributed by atoms with Gasteiger partial charge in [0.1, 0.15) is 0 Å². The van der Waals surface area contributed by atoms with E-state index in [9.17, 15) is 4.79 Å². The molecule has 0 spiro atoms. The monoisotopic (exact) mass is 257 g/mol. The van der Waals surface area contributed by atoms with Crippen LogP contribution < -0.4 is 0 Å². The van der Waals surface area contributed by atoms with E-state index in [-0.39, 0.29) is 6.04 Å². The molecule has 2 rings (SSSR count). The molecule has 0 saturated carbocycles. The van der Waals surface area contributed by atoms with Gasteiger partial charge in [-0.15, -0.1) is 0 Å². The van der Waals surface area contributed by atoms with E-state index >= 15 is 0 Å². The van der Waals surface area contributed by atoms with Crippen molar-refractivity contribution >= 4 is 35.1 Å². The molecule has 1 aromatic carbocycles. The highest BCUT2D eigenvalue weighted by atomic mass is 35.5. The molecule has 16 heavy (non-hydrogen) atoms. The molecule has 1 aliphatic rings. The number of ether oxygens (including phenoxy) is 1. The molecule has 1 heterocycles. The summed E-state index contributed by atoms with van der Waals surface area (Å²) >= 11 is 11.8. The molecular weight excluding hydrogens is 249 g/mol. The second kappa shape index (κ2) is 4.07. The quantitative estimate of drug-likeness (QED) is 0.725. The summed E-state index contributed by atoms with van der Waals surface area (Å²) in [6, 6.07) is 3.18. The van der Waals surface area contributed by atoms with Crippen molar-refractivity contribution in [3.05, 3.63) is 33.3 Å². The predicted molar refractivity (Wildman–Crippen MR) is 63.6 cm³/mol. The number of benzene rings is 1. The van der Waals surface area contributed by atoms with Gasteiger partial charge in [0.2, 0.25) is 5.90 Å². The number of cyclic esters (lactones) is 1. The number of nitrogens with zero attached hydrogens (tertiary/aromatic N) is 1. The van der Waals surface area contributed by atoms with Gasteiger partial charge < -0.3 is 4.74 Å². The van der Waals surface area contributed by atoms with Crippen LogP contribution in [0.15, 0.2) is 17.1 Å². The van der Waals surface area contributed by atoms with E-state index in [2.05, 4.69) is 4.99 Å². The van der Waals surface area contributed by atoms with E-state index in [0.29, 0.717) is 27.1 Å². The third kappa shape index (κ3) is 1.93. The molecule has 1 aromatic rings. The predicted octanol–water partition coefficient (Wildman–Crippen LogP) is 3.32. The zero-order valence-electron chi connectivity index (χ0n) is 8.75. The Morgan fingerprint density at radius 2 is 2.00 bits per heavy atom. The fourth-order valence-electron chi connectivity index (χ4n) is 1.47. The highest BCUT2D eigenvalue weighted by Crippen LogP contribution is 2.31. The smallest absolute Gasteiger partial charge is 0.347 e. The molecule has 0 fully saturated rings. The molecule has 0 aromatic heterocycles. The first kappa shape index (κ1) is 11.4. The number of hydrogen-bond acceptors (Lipinski definition) is 3. The Bertz CT molecular complexity index is 495. The summed E-state index contributed by atoms with van der Waals surface area (Å²) in [6.45, 7) is 3.79. The Hall–Kier alpha value is -1.06. The molecule has 0 amide bonds. The van der Waals surface area contributed by atoms with Crippen molar-refractivity contribution in [3.63, 3.8) is 0 Å². The Balaban J connectivity index is 2.62. The SMILES string of the molecule is CC(C)N=C1OC(=O)c2c(Cl)cc(Cl)cc21. The van der Waals surface area contributed by atoms with Gasteiger partial charge in [0, 0.05) is 11.1 Å². The number of rotatable bonds is 1. The summed E-state index contributed by atoms with van der Waals surface area (Å²) in [4.78, 5) is 15.8. The Labute approximate surface area is 103 Å². The van der Waals surface area contributed by atoms with Gasteiger partial charge in [-0.1, -0.05) is 23.2 Å². The minimum Gasteiger partial charge on any atom is -0.403 e. The summed E-state index contributed by atoms with van der Waals surface area (Å²) in [5, 5.41) is 0.750. The second-order valence-electron chi connectivity index (χ2n) is 3.73. The Morgan fingerprint density at radius 1 is 1.31 bits per heavy atom. The third-order valence-corrected chi connectivity index (χ3v) is 2.57. The fraction of sp³-hybridized carbons (Fsp3) is 0.273. The van der Waals surface area contributed by atoms with Crippen molar-refractivity contribution in [1.82, 2.24) is 0 Å². The normalized spacial score (nSPS) is 16.8. The van der Waals surface area contributed by atoms with Crippen LogP contribution in [0.1, 0.15) is 29.8 Å². The number of aliphatic imine (C=N–C) groups is 1. The minimum absolute atomic E-state index is 0.0338. The maximum atomic E-state index is 11.6. The average molecular weight is 258 g/mol. The van der Waals surface area contributed by atoms with Crippen LogP contribution in [0.25, 0.3) is 0 Å². The molecule has 0 bridgehead atoms. The van der Waals surface area contributed by atoms with Crippen LogP contribution >= 0.6 is 23.2 Å². The van der Waals surface area contributed by atoms with Crippen molar-refractivity contribution in [1.29, 1.82) is 0 Å². The average Bonchev–Trinajstić information content (AvgIpc) is 2.41. The molecule has 0 atom stereocenters. The van der Waals surface area contributed by atoms with Gasteiger partial charge in [0.05, 0.1) is 16.1 Å². The van der Waals surface area contributed by atoms with Crippen LogP contribution in [0.5, 0.6) is 0 Å². The van der Waals surface area contributed by atoms with Crippen LogP contribution in [-0.4, -0.2) is 17.9 Å². The molecule has 0 radical (unpaired) electrons. The number of carbonyl (C=O) groups is 1. The van der Waals surface area contributed by atoms with Gasteiger partial charge in [-0.05, 0) is 26.0 Å². The molecule has 84 valence electrons. The number of fused-ring (bicyclic) bond motifs is 1. The first-order valence-corrected chi connectivity index (χ1v) is 5.54. The lowest BCUT2D eigenvalue weighted by Crippen LogP contribution is -2.04. The van der Waals surface area contributed by atoms with Gasteiger partial charge in [-0.2, -0.15) is 0 Å². The molecular formula is C11H9Cl2NO2. The maximum Gasteiger partial charge on any atom is 0.347 e.